The Morgan fingerprint density at radius 2 is 1.93 bits per heavy atom. The summed E-state index contributed by atoms with van der Waals surface area (Å²) in [5, 5.41) is 2.75. The average molecular weight is 399 g/mol. The highest BCUT2D eigenvalue weighted by atomic mass is 16.5. The van der Waals surface area contributed by atoms with Gasteiger partial charge in [0.1, 0.15) is 5.52 Å². The van der Waals surface area contributed by atoms with Crippen molar-refractivity contribution >= 4 is 34.6 Å². The van der Waals surface area contributed by atoms with E-state index < -0.39 is 17.4 Å². The van der Waals surface area contributed by atoms with Gasteiger partial charge in [-0.2, -0.15) is 0 Å². The number of anilines is 2. The first-order valence-corrected chi connectivity index (χ1v) is 8.19. The normalized spacial score (nSPS) is 10.6. The highest BCUT2D eigenvalue weighted by molar-refractivity contribution is 6.03. The van der Waals surface area contributed by atoms with Crippen molar-refractivity contribution in [3.8, 4) is 11.5 Å². The Hall–Kier alpha value is -4.22. The van der Waals surface area contributed by atoms with Crippen LogP contribution in [-0.2, 0) is 11.8 Å². The van der Waals surface area contributed by atoms with Crippen LogP contribution in [0, 0.1) is 0 Å². The molecule has 0 aliphatic heterocycles. The number of benzene rings is 1. The van der Waals surface area contributed by atoms with Crippen LogP contribution in [0.1, 0.15) is 10.4 Å². The number of nitrogens with one attached hydrogen (secondary N) is 1. The summed E-state index contributed by atoms with van der Waals surface area (Å²) in [7, 11) is 2.81. The molecule has 0 saturated carbocycles. The van der Waals surface area contributed by atoms with Crippen LogP contribution >= 0.6 is 0 Å². The summed E-state index contributed by atoms with van der Waals surface area (Å²) in [5.41, 5.74) is 10.3. The lowest BCUT2D eigenvalue weighted by atomic mass is 10.2. The third-order valence-electron chi connectivity index (χ3n) is 3.90. The molecule has 2 amide bonds. The van der Waals surface area contributed by atoms with E-state index in [9.17, 15) is 14.4 Å². The highest BCUT2D eigenvalue weighted by Crippen LogP contribution is 2.33. The molecule has 2 heterocycles. The Morgan fingerprint density at radius 3 is 2.55 bits per heavy atom. The number of methoxy groups -OCH3 is 1. The van der Waals surface area contributed by atoms with Crippen LogP contribution in [0.2, 0.25) is 0 Å². The smallest absolute Gasteiger partial charge is 0.262 e. The summed E-state index contributed by atoms with van der Waals surface area (Å²) in [6.45, 7) is -0.382. The molecular formula is C17H17N7O5. The lowest BCUT2D eigenvalue weighted by Gasteiger charge is -2.14. The van der Waals surface area contributed by atoms with E-state index >= 15 is 0 Å². The summed E-state index contributed by atoms with van der Waals surface area (Å²) in [4.78, 5) is 48.0. The minimum Gasteiger partial charge on any atom is -0.491 e. The monoisotopic (exact) mass is 399 g/mol. The lowest BCUT2D eigenvalue weighted by Crippen LogP contribution is -2.25. The zero-order valence-electron chi connectivity index (χ0n) is 15.5. The molecule has 1 aromatic carbocycles. The number of hydrogen-bond donors (Lipinski definition) is 3. The van der Waals surface area contributed by atoms with Gasteiger partial charge >= 0.3 is 0 Å². The van der Waals surface area contributed by atoms with Crippen molar-refractivity contribution < 1.29 is 19.1 Å². The third kappa shape index (κ3) is 3.90. The quantitative estimate of drug-likeness (QED) is 0.489. The van der Waals surface area contributed by atoms with Gasteiger partial charge in [-0.3, -0.25) is 24.3 Å². The van der Waals surface area contributed by atoms with Gasteiger partial charge in [-0.1, -0.05) is 0 Å². The van der Waals surface area contributed by atoms with Crippen LogP contribution < -0.4 is 31.8 Å². The molecule has 12 heteroatoms. The molecule has 0 saturated heterocycles. The summed E-state index contributed by atoms with van der Waals surface area (Å²) < 4.78 is 11.8. The molecule has 0 radical (unpaired) electrons. The van der Waals surface area contributed by atoms with Gasteiger partial charge in [-0.05, 0) is 12.1 Å². The largest absolute Gasteiger partial charge is 0.491 e. The Bertz CT molecular complexity index is 1160. The second kappa shape index (κ2) is 7.80. The molecule has 12 nitrogen and oxygen atoms in total. The Kier molecular flexibility index (Phi) is 5.25. The molecule has 2 aromatic heterocycles. The molecule has 0 bridgehead atoms. The van der Waals surface area contributed by atoms with E-state index in [1.54, 1.807) is 0 Å². The fourth-order valence-electron chi connectivity index (χ4n) is 2.49. The Balaban J connectivity index is 2.06. The van der Waals surface area contributed by atoms with Gasteiger partial charge in [-0.15, -0.1) is 0 Å². The molecule has 5 N–H and O–H groups in total. The van der Waals surface area contributed by atoms with Gasteiger partial charge < -0.3 is 20.9 Å². The summed E-state index contributed by atoms with van der Waals surface area (Å²) in [6.07, 6.45) is 2.49. The average Bonchev–Trinajstić information content (AvgIpc) is 2.70. The number of nitrogen functional groups attached to an aromatic ring is 1. The number of carbonyl (C=O) groups is 2. The molecule has 29 heavy (non-hydrogen) atoms. The number of primary amides is 1. The van der Waals surface area contributed by atoms with Crippen molar-refractivity contribution in [3.05, 3.63) is 40.4 Å². The Labute approximate surface area is 163 Å². The predicted molar refractivity (Wildman–Crippen MR) is 103 cm³/mol. The molecule has 0 fully saturated rings. The number of hydrogen-bond acceptors (Lipinski definition) is 9. The molecular weight excluding hydrogens is 382 g/mol. The van der Waals surface area contributed by atoms with Gasteiger partial charge in [0.2, 0.25) is 11.9 Å². The minimum absolute atomic E-state index is 0.0195. The first kappa shape index (κ1) is 19.5. The van der Waals surface area contributed by atoms with Crippen LogP contribution in [0.5, 0.6) is 11.5 Å². The zero-order valence-corrected chi connectivity index (χ0v) is 15.5. The van der Waals surface area contributed by atoms with Crippen molar-refractivity contribution in [2.75, 3.05) is 24.8 Å². The molecule has 0 unspecified atom stereocenters. The standard InChI is InChI=1S/C17H17N7O5/c1-24-15(27)9-3-4-10(29-7-11(18)25)13(28-2)12(9)22-17(24)23-14(26)8-5-20-16(19)21-6-8/h3-6H,7H2,1-2H3,(H2,18,25)(H2,19,20,21)(H,22,23,26). The molecule has 3 rings (SSSR count). The van der Waals surface area contributed by atoms with E-state index in [0.717, 1.165) is 0 Å². The first-order chi connectivity index (χ1) is 13.8. The van der Waals surface area contributed by atoms with Crippen LogP contribution in [0.4, 0.5) is 11.9 Å². The van der Waals surface area contributed by atoms with Crippen molar-refractivity contribution in [1.29, 1.82) is 0 Å². The van der Waals surface area contributed by atoms with Gasteiger partial charge in [0.05, 0.1) is 18.1 Å². The second-order valence-electron chi connectivity index (χ2n) is 5.83. The van der Waals surface area contributed by atoms with Crippen LogP contribution in [-0.4, -0.2) is 45.1 Å². The molecule has 0 spiro atoms. The van der Waals surface area contributed by atoms with Crippen molar-refractivity contribution in [1.82, 2.24) is 19.5 Å². The number of aromatic nitrogens is 4. The van der Waals surface area contributed by atoms with Gasteiger partial charge in [-0.25, -0.2) is 15.0 Å². The maximum absolute atomic E-state index is 12.7. The van der Waals surface area contributed by atoms with Gasteiger partial charge in [0.25, 0.3) is 17.4 Å². The van der Waals surface area contributed by atoms with E-state index in [4.69, 9.17) is 20.9 Å². The molecule has 0 atom stereocenters. The van der Waals surface area contributed by atoms with E-state index in [1.807, 2.05) is 0 Å². The molecule has 150 valence electrons. The van der Waals surface area contributed by atoms with Gasteiger partial charge in [0, 0.05) is 19.4 Å². The van der Waals surface area contributed by atoms with E-state index in [1.165, 1.54) is 43.3 Å². The number of nitrogens with zero attached hydrogens (tertiary/aromatic N) is 4. The van der Waals surface area contributed by atoms with E-state index in [0.29, 0.717) is 0 Å². The number of nitrogens with two attached hydrogens (primary N) is 2. The van der Waals surface area contributed by atoms with E-state index in [-0.39, 0.29) is 46.5 Å². The highest BCUT2D eigenvalue weighted by Gasteiger charge is 2.18. The van der Waals surface area contributed by atoms with Crippen molar-refractivity contribution in [2.24, 2.45) is 12.8 Å². The zero-order chi connectivity index (χ0) is 21.1. The maximum Gasteiger partial charge on any atom is 0.262 e. The molecule has 3 aromatic rings. The number of fused-ring (bicyclic) bond motifs is 1. The van der Waals surface area contributed by atoms with Gasteiger partial charge in [0.15, 0.2) is 18.1 Å². The number of carbonyl (C=O) groups excluding carboxylic acids is 2. The van der Waals surface area contributed by atoms with Crippen LogP contribution in [0.3, 0.4) is 0 Å². The van der Waals surface area contributed by atoms with E-state index in [2.05, 4.69) is 20.3 Å². The van der Waals surface area contributed by atoms with Crippen LogP contribution in [0.25, 0.3) is 10.9 Å². The summed E-state index contributed by atoms with van der Waals surface area (Å²) in [5.74, 6) is -1.01. The van der Waals surface area contributed by atoms with Crippen molar-refractivity contribution in [3.63, 3.8) is 0 Å². The number of ether oxygens (including phenoxy) is 2. The number of amides is 2. The van der Waals surface area contributed by atoms with Crippen molar-refractivity contribution in [2.45, 2.75) is 0 Å². The third-order valence-corrected chi connectivity index (χ3v) is 3.90. The topological polar surface area (TPSA) is 177 Å². The molecule has 0 aliphatic carbocycles. The first-order valence-electron chi connectivity index (χ1n) is 8.19. The maximum atomic E-state index is 12.7. The second-order valence-corrected chi connectivity index (χ2v) is 5.83. The number of rotatable bonds is 6. The summed E-state index contributed by atoms with van der Waals surface area (Å²) >= 11 is 0. The minimum atomic E-state index is -0.678. The fourth-order valence-corrected chi connectivity index (χ4v) is 2.49. The predicted octanol–water partition coefficient (Wildman–Crippen LogP) is -0.569. The summed E-state index contributed by atoms with van der Waals surface area (Å²) in [6, 6.07) is 2.94. The SMILES string of the molecule is COc1c(OCC(N)=O)ccc2c(=O)n(C)c(NC(=O)c3cnc(N)nc3)nc12. The fraction of sp³-hybridized carbons (Fsp3) is 0.176. The Morgan fingerprint density at radius 1 is 1.24 bits per heavy atom. The van der Waals surface area contributed by atoms with Crippen LogP contribution in [0.15, 0.2) is 29.3 Å². The lowest BCUT2D eigenvalue weighted by molar-refractivity contribution is -0.119. The molecule has 0 aliphatic rings.